The normalized spacial score (nSPS) is 10.5. The Kier molecular flexibility index (Phi) is 4.84. The predicted octanol–water partition coefficient (Wildman–Crippen LogP) is 1.57. The molecule has 0 bridgehead atoms. The zero-order valence-corrected chi connectivity index (χ0v) is 12.0. The van der Waals surface area contributed by atoms with Crippen LogP contribution in [0.15, 0.2) is 24.3 Å². The van der Waals surface area contributed by atoms with E-state index in [-0.39, 0.29) is 30.7 Å². The molecule has 1 aromatic heterocycles. The molecule has 8 nitrogen and oxygen atoms in total. The molecule has 8 heteroatoms. The maximum atomic E-state index is 10.7. The topological polar surface area (TPSA) is 124 Å². The van der Waals surface area contributed by atoms with Gasteiger partial charge in [-0.2, -0.15) is 4.98 Å². The third-order valence-corrected chi connectivity index (χ3v) is 3.00. The van der Waals surface area contributed by atoms with Gasteiger partial charge in [0, 0.05) is 12.1 Å². The Labute approximate surface area is 126 Å². The Hall–Kier alpha value is -2.74. The van der Waals surface area contributed by atoms with Gasteiger partial charge in [0.1, 0.15) is 6.61 Å². The number of aliphatic hydroxyl groups excluding tert-OH is 1. The highest BCUT2D eigenvalue weighted by Gasteiger charge is 2.17. The molecule has 0 aliphatic rings. The monoisotopic (exact) mass is 304 g/mol. The van der Waals surface area contributed by atoms with Crippen molar-refractivity contribution in [1.29, 1.82) is 0 Å². The number of aromatic nitrogens is 2. The van der Waals surface area contributed by atoms with Gasteiger partial charge in [0.15, 0.2) is 0 Å². The van der Waals surface area contributed by atoms with Crippen LogP contribution in [-0.2, 0) is 6.42 Å². The van der Waals surface area contributed by atoms with Gasteiger partial charge < -0.3 is 15.6 Å². The van der Waals surface area contributed by atoms with Crippen LogP contribution in [0.5, 0.6) is 5.88 Å². The molecule has 2 rings (SSSR count). The van der Waals surface area contributed by atoms with Gasteiger partial charge >= 0.3 is 0 Å². The molecule has 3 N–H and O–H groups in total. The van der Waals surface area contributed by atoms with Crippen molar-refractivity contribution in [3.05, 3.63) is 40.1 Å². The molecule has 1 aromatic carbocycles. The molecule has 0 atom stereocenters. The summed E-state index contributed by atoms with van der Waals surface area (Å²) in [7, 11) is 0. The molecule has 0 aliphatic carbocycles. The van der Waals surface area contributed by atoms with Gasteiger partial charge in [-0.05, 0) is 24.1 Å². The smallest absolute Gasteiger partial charge is 0.269 e. The van der Waals surface area contributed by atoms with Crippen LogP contribution in [-0.4, -0.2) is 33.2 Å². The fourth-order valence-corrected chi connectivity index (χ4v) is 2.05. The van der Waals surface area contributed by atoms with E-state index >= 15 is 0 Å². The summed E-state index contributed by atoms with van der Waals surface area (Å²) in [6.45, 7) is 1.82. The SMILES string of the molecule is CCc1nc(N)nc(OCCO)c1-c1ccc([N+](=O)[O-])cc1. The number of ether oxygens (including phenoxy) is 1. The molecule has 1 heterocycles. The van der Waals surface area contributed by atoms with Gasteiger partial charge in [-0.3, -0.25) is 10.1 Å². The minimum Gasteiger partial charge on any atom is -0.475 e. The summed E-state index contributed by atoms with van der Waals surface area (Å²) < 4.78 is 5.43. The number of anilines is 1. The van der Waals surface area contributed by atoms with Gasteiger partial charge in [0.2, 0.25) is 11.8 Å². The average Bonchev–Trinajstić information content (AvgIpc) is 2.52. The largest absolute Gasteiger partial charge is 0.475 e. The van der Waals surface area contributed by atoms with E-state index in [1.54, 1.807) is 12.1 Å². The van der Waals surface area contributed by atoms with Gasteiger partial charge in [0.05, 0.1) is 22.8 Å². The molecule has 0 fully saturated rings. The highest BCUT2D eigenvalue weighted by molar-refractivity contribution is 5.72. The van der Waals surface area contributed by atoms with Gasteiger partial charge in [0.25, 0.3) is 5.69 Å². The highest BCUT2D eigenvalue weighted by atomic mass is 16.6. The minimum atomic E-state index is -0.465. The standard InChI is InChI=1S/C14H16N4O4/c1-2-11-12(9-3-5-10(6-4-9)18(20)21)13(22-8-7-19)17-14(15)16-11/h3-6,19H,2,7-8H2,1H3,(H2,15,16,17). The predicted molar refractivity (Wildman–Crippen MR) is 80.5 cm³/mol. The number of nitro benzene ring substituents is 1. The molecule has 0 unspecified atom stereocenters. The summed E-state index contributed by atoms with van der Waals surface area (Å²) in [4.78, 5) is 18.5. The summed E-state index contributed by atoms with van der Waals surface area (Å²) in [6.07, 6.45) is 0.592. The Bertz CT molecular complexity index is 673. The lowest BCUT2D eigenvalue weighted by Gasteiger charge is -2.13. The molecular weight excluding hydrogens is 288 g/mol. The Morgan fingerprint density at radius 3 is 2.55 bits per heavy atom. The van der Waals surface area contributed by atoms with Crippen molar-refractivity contribution in [3.8, 4) is 17.0 Å². The maximum absolute atomic E-state index is 10.7. The summed E-state index contributed by atoms with van der Waals surface area (Å²) >= 11 is 0. The maximum Gasteiger partial charge on any atom is 0.269 e. The fourth-order valence-electron chi connectivity index (χ4n) is 2.05. The van der Waals surface area contributed by atoms with Crippen molar-refractivity contribution in [1.82, 2.24) is 9.97 Å². The molecule has 0 amide bonds. The van der Waals surface area contributed by atoms with Crippen LogP contribution in [0.3, 0.4) is 0 Å². The lowest BCUT2D eigenvalue weighted by Crippen LogP contribution is -2.09. The number of nitrogens with zero attached hydrogens (tertiary/aromatic N) is 3. The van der Waals surface area contributed by atoms with Gasteiger partial charge in [-0.25, -0.2) is 4.98 Å². The molecule has 116 valence electrons. The van der Waals surface area contributed by atoms with E-state index in [9.17, 15) is 10.1 Å². The van der Waals surface area contributed by atoms with E-state index in [1.807, 2.05) is 6.92 Å². The number of non-ortho nitro benzene ring substituents is 1. The second kappa shape index (κ2) is 6.81. The first-order valence-electron chi connectivity index (χ1n) is 6.71. The molecule has 0 aliphatic heterocycles. The first-order chi connectivity index (χ1) is 10.6. The van der Waals surface area contributed by atoms with Crippen LogP contribution in [0.25, 0.3) is 11.1 Å². The Morgan fingerprint density at radius 1 is 1.32 bits per heavy atom. The third kappa shape index (κ3) is 3.29. The van der Waals surface area contributed by atoms with Crippen molar-refractivity contribution in [2.45, 2.75) is 13.3 Å². The zero-order chi connectivity index (χ0) is 16.1. The van der Waals surface area contributed by atoms with Crippen LogP contribution in [0, 0.1) is 10.1 Å². The fraction of sp³-hybridized carbons (Fsp3) is 0.286. The molecule has 0 saturated carbocycles. The third-order valence-electron chi connectivity index (χ3n) is 3.00. The number of aliphatic hydroxyl groups is 1. The summed E-state index contributed by atoms with van der Waals surface area (Å²) in [5.74, 6) is 0.336. The molecule has 0 saturated heterocycles. The quantitative estimate of drug-likeness (QED) is 0.613. The molecule has 22 heavy (non-hydrogen) atoms. The van der Waals surface area contributed by atoms with E-state index in [4.69, 9.17) is 15.6 Å². The lowest BCUT2D eigenvalue weighted by atomic mass is 10.0. The zero-order valence-electron chi connectivity index (χ0n) is 12.0. The Morgan fingerprint density at radius 2 is 2.00 bits per heavy atom. The minimum absolute atomic E-state index is 0.00371. The van der Waals surface area contributed by atoms with Crippen LogP contribution >= 0.6 is 0 Å². The van der Waals surface area contributed by atoms with Gasteiger partial charge in [-0.1, -0.05) is 6.92 Å². The molecule has 0 spiro atoms. The summed E-state index contributed by atoms with van der Waals surface area (Å²) in [6, 6.07) is 6.03. The number of benzene rings is 1. The van der Waals surface area contributed by atoms with Crippen molar-refractivity contribution >= 4 is 11.6 Å². The van der Waals surface area contributed by atoms with Gasteiger partial charge in [-0.15, -0.1) is 0 Å². The number of rotatable bonds is 6. The van der Waals surface area contributed by atoms with Crippen LogP contribution < -0.4 is 10.5 Å². The molecule has 2 aromatic rings. The van der Waals surface area contributed by atoms with E-state index in [0.29, 0.717) is 23.2 Å². The van der Waals surface area contributed by atoms with Crippen LogP contribution in [0.4, 0.5) is 11.6 Å². The lowest BCUT2D eigenvalue weighted by molar-refractivity contribution is -0.384. The Balaban J connectivity index is 2.53. The van der Waals surface area contributed by atoms with E-state index in [0.717, 1.165) is 0 Å². The second-order valence-electron chi connectivity index (χ2n) is 4.44. The van der Waals surface area contributed by atoms with Crippen molar-refractivity contribution in [2.75, 3.05) is 18.9 Å². The first kappa shape index (κ1) is 15.6. The van der Waals surface area contributed by atoms with Crippen LogP contribution in [0.2, 0.25) is 0 Å². The molecule has 0 radical (unpaired) electrons. The van der Waals surface area contributed by atoms with Crippen LogP contribution in [0.1, 0.15) is 12.6 Å². The number of nitro groups is 1. The van der Waals surface area contributed by atoms with E-state index < -0.39 is 4.92 Å². The van der Waals surface area contributed by atoms with Crippen molar-refractivity contribution < 1.29 is 14.8 Å². The second-order valence-corrected chi connectivity index (χ2v) is 4.44. The van der Waals surface area contributed by atoms with E-state index in [2.05, 4.69) is 9.97 Å². The highest BCUT2D eigenvalue weighted by Crippen LogP contribution is 2.33. The number of aryl methyl sites for hydroxylation is 1. The van der Waals surface area contributed by atoms with E-state index in [1.165, 1.54) is 12.1 Å². The van der Waals surface area contributed by atoms with Crippen molar-refractivity contribution in [2.24, 2.45) is 0 Å². The number of hydrogen-bond acceptors (Lipinski definition) is 7. The summed E-state index contributed by atoms with van der Waals surface area (Å²) in [5.41, 5.74) is 7.65. The number of hydrogen-bond donors (Lipinski definition) is 2. The number of nitrogen functional groups attached to an aromatic ring is 1. The number of nitrogens with two attached hydrogens (primary N) is 1. The van der Waals surface area contributed by atoms with Crippen molar-refractivity contribution in [3.63, 3.8) is 0 Å². The molecular formula is C14H16N4O4. The first-order valence-corrected chi connectivity index (χ1v) is 6.71. The summed E-state index contributed by atoms with van der Waals surface area (Å²) in [5, 5.41) is 19.6. The average molecular weight is 304 g/mol.